The lowest BCUT2D eigenvalue weighted by Crippen LogP contribution is -2.51. The first-order chi connectivity index (χ1) is 10.1. The molecule has 1 aliphatic heterocycles. The molecule has 0 bridgehead atoms. The van der Waals surface area contributed by atoms with E-state index >= 15 is 0 Å². The van der Waals surface area contributed by atoms with Gasteiger partial charge in [0.05, 0.1) is 11.1 Å². The highest BCUT2D eigenvalue weighted by atomic mass is 16.4. The zero-order valence-corrected chi connectivity index (χ0v) is 11.9. The van der Waals surface area contributed by atoms with Crippen LogP contribution < -0.4 is 0 Å². The molecule has 1 amide bonds. The predicted octanol–water partition coefficient (Wildman–Crippen LogP) is 2.49. The number of para-hydroxylation sites is 1. The van der Waals surface area contributed by atoms with Gasteiger partial charge in [0.25, 0.3) is 5.91 Å². The Labute approximate surface area is 122 Å². The Hall–Kier alpha value is -2.30. The second-order valence-electron chi connectivity index (χ2n) is 5.65. The molecule has 1 aliphatic rings. The molecule has 5 heteroatoms. The normalized spacial score (nSPS) is 22.4. The van der Waals surface area contributed by atoms with Crippen molar-refractivity contribution in [2.75, 3.05) is 6.54 Å². The molecule has 110 valence electrons. The number of likely N-dealkylation sites (tertiary alicyclic amines) is 1. The van der Waals surface area contributed by atoms with Gasteiger partial charge in [0.1, 0.15) is 6.04 Å². The average Bonchev–Trinajstić information content (AvgIpc) is 2.94. The Morgan fingerprint density at radius 3 is 2.90 bits per heavy atom. The van der Waals surface area contributed by atoms with Crippen molar-refractivity contribution >= 4 is 22.8 Å². The second-order valence-corrected chi connectivity index (χ2v) is 5.65. The van der Waals surface area contributed by atoms with Gasteiger partial charge >= 0.3 is 5.97 Å². The van der Waals surface area contributed by atoms with Crippen LogP contribution in [0.15, 0.2) is 30.5 Å². The van der Waals surface area contributed by atoms with E-state index in [9.17, 15) is 14.7 Å². The number of fused-ring (bicyclic) bond motifs is 1. The molecule has 5 nitrogen and oxygen atoms in total. The first-order valence-electron chi connectivity index (χ1n) is 7.19. The van der Waals surface area contributed by atoms with Crippen LogP contribution >= 0.6 is 0 Å². The van der Waals surface area contributed by atoms with Gasteiger partial charge in [-0.05, 0) is 30.9 Å². The predicted molar refractivity (Wildman–Crippen MR) is 79.2 cm³/mol. The molecule has 1 aromatic heterocycles. The largest absolute Gasteiger partial charge is 0.480 e. The van der Waals surface area contributed by atoms with Crippen LogP contribution in [0.1, 0.15) is 30.1 Å². The molecule has 1 saturated heterocycles. The zero-order chi connectivity index (χ0) is 15.0. The van der Waals surface area contributed by atoms with Crippen LogP contribution in [0.5, 0.6) is 0 Å². The summed E-state index contributed by atoms with van der Waals surface area (Å²) in [6.45, 7) is 2.39. The van der Waals surface area contributed by atoms with Crippen molar-refractivity contribution in [3.8, 4) is 0 Å². The number of piperidine rings is 1. The number of benzene rings is 1. The SMILES string of the molecule is CC1CCCN(C(=O)c2cccc3cc[nH]c23)C1C(=O)O. The molecular formula is C16H18N2O3. The van der Waals surface area contributed by atoms with Crippen molar-refractivity contribution in [1.82, 2.24) is 9.88 Å². The number of H-pyrrole nitrogens is 1. The molecule has 2 atom stereocenters. The minimum absolute atomic E-state index is 0.0250. The van der Waals surface area contributed by atoms with E-state index in [4.69, 9.17) is 0 Å². The van der Waals surface area contributed by atoms with E-state index in [-0.39, 0.29) is 11.8 Å². The number of aromatic nitrogens is 1. The van der Waals surface area contributed by atoms with Crippen molar-refractivity contribution in [3.63, 3.8) is 0 Å². The van der Waals surface area contributed by atoms with Gasteiger partial charge in [-0.2, -0.15) is 0 Å². The third-order valence-corrected chi connectivity index (χ3v) is 4.26. The first-order valence-corrected chi connectivity index (χ1v) is 7.19. The molecule has 0 radical (unpaired) electrons. The Balaban J connectivity index is 2.00. The van der Waals surface area contributed by atoms with E-state index < -0.39 is 12.0 Å². The Morgan fingerprint density at radius 1 is 1.33 bits per heavy atom. The number of aromatic amines is 1. The fraction of sp³-hybridized carbons (Fsp3) is 0.375. The Morgan fingerprint density at radius 2 is 2.14 bits per heavy atom. The fourth-order valence-corrected chi connectivity index (χ4v) is 3.21. The summed E-state index contributed by atoms with van der Waals surface area (Å²) in [4.78, 5) is 28.9. The number of carbonyl (C=O) groups excluding carboxylic acids is 1. The van der Waals surface area contributed by atoms with Gasteiger partial charge in [-0.3, -0.25) is 4.79 Å². The fourth-order valence-electron chi connectivity index (χ4n) is 3.21. The number of carboxylic acids is 1. The van der Waals surface area contributed by atoms with Crippen LogP contribution in [-0.4, -0.2) is 39.5 Å². The lowest BCUT2D eigenvalue weighted by Gasteiger charge is -2.37. The monoisotopic (exact) mass is 286 g/mol. The molecule has 0 spiro atoms. The number of amides is 1. The zero-order valence-electron chi connectivity index (χ0n) is 11.9. The number of nitrogens with one attached hydrogen (secondary N) is 1. The Bertz CT molecular complexity index is 692. The molecule has 1 fully saturated rings. The van der Waals surface area contributed by atoms with Gasteiger partial charge in [0.15, 0.2) is 0 Å². The van der Waals surface area contributed by atoms with E-state index in [1.165, 1.54) is 4.90 Å². The van der Waals surface area contributed by atoms with Crippen LogP contribution in [0, 0.1) is 5.92 Å². The standard InChI is InChI=1S/C16H18N2O3/c1-10-4-3-9-18(14(10)16(20)21)15(19)12-6-2-5-11-7-8-17-13(11)12/h2,5-8,10,14,17H,3-4,9H2,1H3,(H,20,21). The van der Waals surface area contributed by atoms with E-state index in [0.29, 0.717) is 12.1 Å². The molecule has 0 aliphatic carbocycles. The summed E-state index contributed by atoms with van der Waals surface area (Å²) in [5.41, 5.74) is 1.31. The van der Waals surface area contributed by atoms with E-state index in [1.54, 1.807) is 12.3 Å². The number of carbonyl (C=O) groups is 2. The maximum absolute atomic E-state index is 12.8. The van der Waals surface area contributed by atoms with Gasteiger partial charge in [-0.15, -0.1) is 0 Å². The minimum Gasteiger partial charge on any atom is -0.480 e. The molecule has 0 saturated carbocycles. The number of hydrogen-bond donors (Lipinski definition) is 2. The number of nitrogens with zero attached hydrogens (tertiary/aromatic N) is 1. The van der Waals surface area contributed by atoms with Gasteiger partial charge in [-0.25, -0.2) is 4.79 Å². The smallest absolute Gasteiger partial charge is 0.326 e. The van der Waals surface area contributed by atoms with Gasteiger partial charge in [-0.1, -0.05) is 19.1 Å². The van der Waals surface area contributed by atoms with E-state index in [1.807, 2.05) is 25.1 Å². The van der Waals surface area contributed by atoms with Crippen molar-refractivity contribution in [1.29, 1.82) is 0 Å². The minimum atomic E-state index is -0.922. The van der Waals surface area contributed by atoms with Crippen molar-refractivity contribution < 1.29 is 14.7 Å². The summed E-state index contributed by atoms with van der Waals surface area (Å²) in [6, 6.07) is 6.67. The molecule has 21 heavy (non-hydrogen) atoms. The maximum atomic E-state index is 12.8. The molecule has 2 aromatic rings. The van der Waals surface area contributed by atoms with Gasteiger partial charge in [0, 0.05) is 18.1 Å². The van der Waals surface area contributed by atoms with Crippen LogP contribution in [0.25, 0.3) is 10.9 Å². The van der Waals surface area contributed by atoms with Crippen LogP contribution in [0.4, 0.5) is 0 Å². The molecule has 2 unspecified atom stereocenters. The third-order valence-electron chi connectivity index (χ3n) is 4.26. The molecule has 2 N–H and O–H groups in total. The highest BCUT2D eigenvalue weighted by Crippen LogP contribution is 2.27. The van der Waals surface area contributed by atoms with Crippen molar-refractivity contribution in [2.45, 2.75) is 25.8 Å². The van der Waals surface area contributed by atoms with E-state index in [2.05, 4.69) is 4.98 Å². The summed E-state index contributed by atoms with van der Waals surface area (Å²) in [5.74, 6) is -1.15. The number of aliphatic carboxylic acids is 1. The molecule has 2 heterocycles. The Kier molecular flexibility index (Phi) is 3.41. The lowest BCUT2D eigenvalue weighted by atomic mass is 9.90. The van der Waals surface area contributed by atoms with Crippen molar-refractivity contribution in [3.05, 3.63) is 36.0 Å². The van der Waals surface area contributed by atoms with Gasteiger partial charge in [0.2, 0.25) is 0 Å². The number of carboxylic acid groups (broad SMARTS) is 1. The lowest BCUT2D eigenvalue weighted by molar-refractivity contribution is -0.145. The topological polar surface area (TPSA) is 73.4 Å². The summed E-state index contributed by atoms with van der Waals surface area (Å²) in [7, 11) is 0. The highest BCUT2D eigenvalue weighted by Gasteiger charge is 2.37. The van der Waals surface area contributed by atoms with E-state index in [0.717, 1.165) is 23.7 Å². The summed E-state index contributed by atoms with van der Waals surface area (Å²) >= 11 is 0. The van der Waals surface area contributed by atoms with Crippen LogP contribution in [-0.2, 0) is 4.79 Å². The molecule has 1 aromatic carbocycles. The molecule has 3 rings (SSSR count). The number of rotatable bonds is 2. The van der Waals surface area contributed by atoms with Crippen molar-refractivity contribution in [2.24, 2.45) is 5.92 Å². The molecular weight excluding hydrogens is 268 g/mol. The van der Waals surface area contributed by atoms with Gasteiger partial charge < -0.3 is 15.0 Å². The average molecular weight is 286 g/mol. The second kappa shape index (κ2) is 5.24. The van der Waals surface area contributed by atoms with Crippen LogP contribution in [0.3, 0.4) is 0 Å². The third kappa shape index (κ3) is 2.28. The maximum Gasteiger partial charge on any atom is 0.326 e. The first kappa shape index (κ1) is 13.7. The highest BCUT2D eigenvalue weighted by molar-refractivity contribution is 6.06. The summed E-state index contributed by atoms with van der Waals surface area (Å²) in [5, 5.41) is 10.4. The number of hydrogen-bond acceptors (Lipinski definition) is 2. The summed E-state index contributed by atoms with van der Waals surface area (Å²) < 4.78 is 0. The summed E-state index contributed by atoms with van der Waals surface area (Å²) in [6.07, 6.45) is 3.47. The van der Waals surface area contributed by atoms with Crippen LogP contribution in [0.2, 0.25) is 0 Å². The quantitative estimate of drug-likeness (QED) is 0.890.